The zero-order valence-electron chi connectivity index (χ0n) is 24.5. The summed E-state index contributed by atoms with van der Waals surface area (Å²) in [6.45, 7) is 10.5. The molecule has 1 amide bonds. The summed E-state index contributed by atoms with van der Waals surface area (Å²) in [6.07, 6.45) is 4.74. The number of hydrogen-bond acceptors (Lipinski definition) is 7. The second kappa shape index (κ2) is 12.4. The molecule has 0 aliphatic carbocycles. The Morgan fingerprint density at radius 1 is 1.18 bits per heavy atom. The molecule has 2 aliphatic heterocycles. The van der Waals surface area contributed by atoms with Gasteiger partial charge in [-0.25, -0.2) is 13.8 Å². The minimum atomic E-state index is -1.43. The molecule has 234 valence electrons. The Kier molecular flexibility index (Phi) is 8.95. The van der Waals surface area contributed by atoms with E-state index in [9.17, 15) is 23.6 Å². The first-order chi connectivity index (χ1) is 21.3. The van der Waals surface area contributed by atoms with Crippen molar-refractivity contribution in [3.05, 3.63) is 73.6 Å². The Hall–Kier alpha value is -3.98. The van der Waals surface area contributed by atoms with Gasteiger partial charge >= 0.3 is 0 Å². The van der Waals surface area contributed by atoms with Gasteiger partial charge in [0.1, 0.15) is 17.3 Å². The lowest BCUT2D eigenvalue weighted by molar-refractivity contribution is -0.126. The van der Waals surface area contributed by atoms with E-state index < -0.39 is 39.0 Å². The van der Waals surface area contributed by atoms with Gasteiger partial charge in [0.15, 0.2) is 11.6 Å². The molecule has 0 radical (unpaired) electrons. The van der Waals surface area contributed by atoms with Crippen LogP contribution in [-0.4, -0.2) is 52.2 Å². The lowest BCUT2D eigenvalue weighted by Gasteiger charge is -2.37. The highest BCUT2D eigenvalue weighted by atomic mass is 35.5. The number of aliphatic imine (C=N–C) groups is 1. The predicted molar refractivity (Wildman–Crippen MR) is 174 cm³/mol. The van der Waals surface area contributed by atoms with Gasteiger partial charge in [0.05, 0.1) is 38.2 Å². The van der Waals surface area contributed by atoms with Crippen LogP contribution in [0.15, 0.2) is 40.8 Å². The number of nitrogen functional groups attached to an aromatic ring is 1. The van der Waals surface area contributed by atoms with Crippen LogP contribution in [0.25, 0.3) is 22.3 Å². The summed E-state index contributed by atoms with van der Waals surface area (Å²) < 4.78 is 30.6. The van der Waals surface area contributed by atoms with E-state index >= 15 is 0 Å². The summed E-state index contributed by atoms with van der Waals surface area (Å²) in [5.74, 6) is -3.43. The van der Waals surface area contributed by atoms with Crippen LogP contribution in [0.3, 0.4) is 0 Å². The van der Waals surface area contributed by atoms with Crippen molar-refractivity contribution in [2.75, 3.05) is 36.8 Å². The lowest BCUT2D eigenvalue weighted by Crippen LogP contribution is -2.49. The number of nitrogens with two attached hydrogens (primary N) is 1. The van der Waals surface area contributed by atoms with Crippen LogP contribution in [0.1, 0.15) is 32.4 Å². The fourth-order valence-electron chi connectivity index (χ4n) is 5.89. The maximum Gasteiger partial charge on any atom is 0.272 e. The van der Waals surface area contributed by atoms with E-state index in [0.717, 1.165) is 0 Å². The Morgan fingerprint density at radius 2 is 1.84 bits per heavy atom. The van der Waals surface area contributed by atoms with Gasteiger partial charge in [-0.3, -0.25) is 19.1 Å². The number of rotatable bonds is 5. The number of halogens is 5. The van der Waals surface area contributed by atoms with Crippen LogP contribution in [0.2, 0.25) is 15.1 Å². The van der Waals surface area contributed by atoms with E-state index in [2.05, 4.69) is 17.6 Å². The highest BCUT2D eigenvalue weighted by Gasteiger charge is 2.35. The molecule has 2 aromatic heterocycles. The number of nitrogens with zero attached hydrogens (tertiary/aromatic N) is 6. The largest absolute Gasteiger partial charge is 0.396 e. The predicted octanol–water partition coefficient (Wildman–Crippen LogP) is 6.39. The smallest absolute Gasteiger partial charge is 0.272 e. The monoisotopic (exact) mass is 673 g/mol. The van der Waals surface area contributed by atoms with E-state index in [1.807, 2.05) is 31.7 Å². The molecule has 1 saturated heterocycles. The van der Waals surface area contributed by atoms with Crippen molar-refractivity contribution < 1.29 is 13.6 Å². The molecule has 4 heterocycles. The number of nitriles is 1. The maximum atomic E-state index is 14.8. The van der Waals surface area contributed by atoms with Crippen LogP contribution < -0.4 is 16.2 Å². The molecule has 0 bridgehead atoms. The van der Waals surface area contributed by atoms with Crippen molar-refractivity contribution in [2.45, 2.75) is 26.8 Å². The van der Waals surface area contributed by atoms with Crippen LogP contribution in [0.4, 0.5) is 20.2 Å². The average Bonchev–Trinajstić information content (AvgIpc) is 3.02. The molecule has 2 atom stereocenters. The maximum absolute atomic E-state index is 14.8. The standard InChI is InChI=1S/C31H28Cl3F2N7O2/c1-5-19(44)41-8-10-42(11-9-41)29-16-12-18(32)27(20-21(33)22(34)23(35)24(36)25(20)38)40-30(16)43(31(45)17(29)13-37)28-15(4)6-7-39-26(28)14(2)3/h5-7,12,14-15,28H,1,8-11,38H2,2-4H3/t15-,28?/m1/s1. The zero-order valence-corrected chi connectivity index (χ0v) is 26.8. The van der Waals surface area contributed by atoms with Gasteiger partial charge in [-0.15, -0.1) is 0 Å². The van der Waals surface area contributed by atoms with E-state index in [4.69, 9.17) is 45.5 Å². The van der Waals surface area contributed by atoms with Crippen LogP contribution >= 0.6 is 34.8 Å². The quantitative estimate of drug-likeness (QED) is 0.145. The Labute approximate surface area is 272 Å². The molecule has 5 rings (SSSR count). The van der Waals surface area contributed by atoms with Crippen molar-refractivity contribution in [2.24, 2.45) is 16.8 Å². The molecule has 1 unspecified atom stereocenters. The summed E-state index contributed by atoms with van der Waals surface area (Å²) >= 11 is 19.2. The third-order valence-electron chi connectivity index (χ3n) is 8.13. The number of benzene rings is 1. The molecule has 9 nitrogen and oxygen atoms in total. The van der Waals surface area contributed by atoms with E-state index in [0.29, 0.717) is 37.3 Å². The number of allylic oxidation sites excluding steroid dienone is 1. The number of pyridine rings is 2. The second-order valence-corrected chi connectivity index (χ2v) is 12.3. The minimum absolute atomic E-state index is 0.0664. The Balaban J connectivity index is 1.88. The van der Waals surface area contributed by atoms with Gasteiger partial charge in [-0.05, 0) is 18.1 Å². The third-order valence-corrected chi connectivity index (χ3v) is 9.24. The SMILES string of the molecule is C=CC(=O)N1CCN(c2c(C#N)c(=O)n(C3C(C(C)C)=NC=C[C@H]3C)c3nc(-c4c(N)c(F)c(F)c(Cl)c4Cl)c(Cl)cc23)CC1. The van der Waals surface area contributed by atoms with E-state index in [-0.39, 0.29) is 50.9 Å². The molecule has 0 saturated carbocycles. The normalized spacial score (nSPS) is 18.4. The van der Waals surface area contributed by atoms with Gasteiger partial charge in [-0.2, -0.15) is 5.26 Å². The highest BCUT2D eigenvalue weighted by Crippen LogP contribution is 2.45. The van der Waals surface area contributed by atoms with Crippen LogP contribution in [-0.2, 0) is 4.79 Å². The molecular formula is C31H28Cl3F2N7O2. The van der Waals surface area contributed by atoms with Crippen molar-refractivity contribution in [3.63, 3.8) is 0 Å². The summed E-state index contributed by atoms with van der Waals surface area (Å²) in [6, 6.07) is 2.93. The number of carbonyl (C=O) groups excluding carboxylic acids is 1. The first-order valence-corrected chi connectivity index (χ1v) is 15.2. The number of carbonyl (C=O) groups is 1. The molecule has 3 aromatic rings. The molecular weight excluding hydrogens is 647 g/mol. The van der Waals surface area contributed by atoms with Gasteiger partial charge in [0.25, 0.3) is 5.56 Å². The topological polar surface area (TPSA) is 121 Å². The van der Waals surface area contributed by atoms with E-state index in [1.54, 1.807) is 11.1 Å². The number of anilines is 2. The van der Waals surface area contributed by atoms with Gasteiger partial charge in [0, 0.05) is 55.0 Å². The summed E-state index contributed by atoms with van der Waals surface area (Å²) in [5, 5.41) is 9.56. The van der Waals surface area contributed by atoms with Crippen molar-refractivity contribution in [1.82, 2.24) is 14.5 Å². The fraction of sp³-hybridized carbons (Fsp3) is 0.323. The Morgan fingerprint density at radius 3 is 2.44 bits per heavy atom. The number of hydrogen-bond donors (Lipinski definition) is 1. The molecule has 14 heteroatoms. The average molecular weight is 675 g/mol. The minimum Gasteiger partial charge on any atom is -0.396 e. The molecule has 2 aliphatic rings. The number of aromatic nitrogens is 2. The van der Waals surface area contributed by atoms with Crippen molar-refractivity contribution in [3.8, 4) is 17.3 Å². The van der Waals surface area contributed by atoms with Crippen molar-refractivity contribution >= 4 is 68.8 Å². The first kappa shape index (κ1) is 32.4. The first-order valence-electron chi connectivity index (χ1n) is 14.0. The second-order valence-electron chi connectivity index (χ2n) is 11.1. The summed E-state index contributed by atoms with van der Waals surface area (Å²) in [4.78, 5) is 39.4. The molecule has 1 fully saturated rings. The highest BCUT2D eigenvalue weighted by molar-refractivity contribution is 6.45. The van der Waals surface area contributed by atoms with Gasteiger partial charge in [-0.1, -0.05) is 68.2 Å². The van der Waals surface area contributed by atoms with Crippen LogP contribution in [0, 0.1) is 34.8 Å². The van der Waals surface area contributed by atoms with Gasteiger partial charge in [0.2, 0.25) is 5.91 Å². The van der Waals surface area contributed by atoms with Gasteiger partial charge < -0.3 is 15.5 Å². The molecule has 45 heavy (non-hydrogen) atoms. The zero-order chi connectivity index (χ0) is 32.9. The summed E-state index contributed by atoms with van der Waals surface area (Å²) in [7, 11) is 0. The van der Waals surface area contributed by atoms with Crippen molar-refractivity contribution in [1.29, 1.82) is 5.26 Å². The molecule has 1 aromatic carbocycles. The fourth-order valence-corrected chi connectivity index (χ4v) is 6.58. The third kappa shape index (κ3) is 5.35. The molecule has 2 N–H and O–H groups in total. The van der Waals surface area contributed by atoms with E-state index in [1.165, 1.54) is 16.7 Å². The molecule has 0 spiro atoms. The Bertz CT molecular complexity index is 1900. The lowest BCUT2D eigenvalue weighted by atomic mass is 9.88. The van der Waals surface area contributed by atoms with Crippen LogP contribution in [0.5, 0.6) is 0 Å². The number of piperazine rings is 1. The number of fused-ring (bicyclic) bond motifs is 1. The number of amides is 1. The summed E-state index contributed by atoms with van der Waals surface area (Å²) in [5.41, 5.74) is 5.21.